The summed E-state index contributed by atoms with van der Waals surface area (Å²) in [6, 6.07) is 6.59. The van der Waals surface area contributed by atoms with E-state index in [2.05, 4.69) is 12.2 Å². The van der Waals surface area contributed by atoms with Gasteiger partial charge in [-0.05, 0) is 29.9 Å². The fourth-order valence-electron chi connectivity index (χ4n) is 4.06. The number of ether oxygens (including phenoxy) is 1. The molecule has 0 aromatic heterocycles. The molecule has 0 spiro atoms. The van der Waals surface area contributed by atoms with Gasteiger partial charge in [0.25, 0.3) is 5.91 Å². The van der Waals surface area contributed by atoms with Gasteiger partial charge in [-0.25, -0.2) is 8.42 Å². The van der Waals surface area contributed by atoms with Crippen molar-refractivity contribution < 1.29 is 22.7 Å². The second-order valence-corrected chi connectivity index (χ2v) is 9.78. The van der Waals surface area contributed by atoms with Gasteiger partial charge in [-0.2, -0.15) is 4.31 Å². The zero-order valence-electron chi connectivity index (χ0n) is 16.4. The molecule has 0 saturated heterocycles. The van der Waals surface area contributed by atoms with E-state index in [9.17, 15) is 18.0 Å². The highest BCUT2D eigenvalue weighted by Crippen LogP contribution is 2.26. The Morgan fingerprint density at radius 3 is 2.54 bits per heavy atom. The number of esters is 1. The summed E-state index contributed by atoms with van der Waals surface area (Å²) in [5.41, 5.74) is 1.80. The van der Waals surface area contributed by atoms with Crippen LogP contribution in [0.15, 0.2) is 24.3 Å². The minimum Gasteiger partial charge on any atom is -0.454 e. The van der Waals surface area contributed by atoms with Gasteiger partial charge in [-0.1, -0.05) is 44.0 Å². The molecule has 0 unspecified atom stereocenters. The summed E-state index contributed by atoms with van der Waals surface area (Å²) >= 11 is 0. The van der Waals surface area contributed by atoms with Crippen LogP contribution in [0.5, 0.6) is 0 Å². The second-order valence-electron chi connectivity index (χ2n) is 7.84. The van der Waals surface area contributed by atoms with Crippen molar-refractivity contribution >= 4 is 21.9 Å². The Labute approximate surface area is 166 Å². The van der Waals surface area contributed by atoms with Gasteiger partial charge in [0.05, 0.1) is 6.26 Å². The maximum atomic E-state index is 12.6. The highest BCUT2D eigenvalue weighted by Gasteiger charge is 2.38. The van der Waals surface area contributed by atoms with Gasteiger partial charge in [0.2, 0.25) is 10.0 Å². The van der Waals surface area contributed by atoms with E-state index < -0.39 is 28.6 Å². The Bertz CT molecular complexity index is 839. The molecule has 28 heavy (non-hydrogen) atoms. The quantitative estimate of drug-likeness (QED) is 0.747. The first-order valence-electron chi connectivity index (χ1n) is 9.75. The van der Waals surface area contributed by atoms with Gasteiger partial charge in [-0.15, -0.1) is 0 Å². The summed E-state index contributed by atoms with van der Waals surface area (Å²) in [7, 11) is -3.60. The lowest BCUT2D eigenvalue weighted by Gasteiger charge is -2.33. The van der Waals surface area contributed by atoms with Crippen LogP contribution in [0.25, 0.3) is 0 Å². The Kier molecular flexibility index (Phi) is 6.40. The first-order valence-corrected chi connectivity index (χ1v) is 11.6. The summed E-state index contributed by atoms with van der Waals surface area (Å²) in [6.45, 7) is 1.85. The molecule has 0 radical (unpaired) electrons. The molecule has 1 fully saturated rings. The summed E-state index contributed by atoms with van der Waals surface area (Å²) in [4.78, 5) is 24.8. The molecular weight excluding hydrogens is 380 g/mol. The maximum Gasteiger partial charge on any atom is 0.325 e. The van der Waals surface area contributed by atoms with Crippen molar-refractivity contribution in [2.24, 2.45) is 5.92 Å². The number of hydrogen-bond donors (Lipinski definition) is 1. The molecule has 7 nitrogen and oxygen atoms in total. The van der Waals surface area contributed by atoms with Crippen molar-refractivity contribution in [2.45, 2.75) is 57.7 Å². The number of carbonyl (C=O) groups is 2. The Morgan fingerprint density at radius 1 is 1.18 bits per heavy atom. The van der Waals surface area contributed by atoms with Crippen LogP contribution in [0.4, 0.5) is 0 Å². The average molecular weight is 409 g/mol. The molecule has 0 bridgehead atoms. The fourth-order valence-corrected chi connectivity index (χ4v) is 5.06. The van der Waals surface area contributed by atoms with E-state index in [1.54, 1.807) is 0 Å². The lowest BCUT2D eigenvalue weighted by molar-refractivity contribution is -0.153. The number of rotatable bonds is 5. The average Bonchev–Trinajstić information content (AvgIpc) is 2.66. The number of fused-ring (bicyclic) bond motifs is 1. The highest BCUT2D eigenvalue weighted by atomic mass is 32.2. The Balaban J connectivity index is 1.62. The summed E-state index contributed by atoms with van der Waals surface area (Å²) in [5, 5.41) is 2.94. The molecule has 1 aromatic carbocycles. The summed E-state index contributed by atoms with van der Waals surface area (Å²) in [6.07, 6.45) is 5.59. The van der Waals surface area contributed by atoms with Gasteiger partial charge in [0, 0.05) is 19.0 Å². The number of nitrogens with zero attached hydrogens (tertiary/aromatic N) is 1. The molecule has 1 aliphatic carbocycles. The predicted octanol–water partition coefficient (Wildman–Crippen LogP) is 1.61. The molecule has 1 aromatic rings. The van der Waals surface area contributed by atoms with Crippen LogP contribution in [-0.2, 0) is 37.3 Å². The first kappa shape index (κ1) is 20.8. The summed E-state index contributed by atoms with van der Waals surface area (Å²) < 4.78 is 30.7. The third-order valence-electron chi connectivity index (χ3n) is 5.71. The highest BCUT2D eigenvalue weighted by molar-refractivity contribution is 7.88. The third kappa shape index (κ3) is 4.91. The van der Waals surface area contributed by atoms with Crippen LogP contribution in [0, 0.1) is 5.92 Å². The van der Waals surface area contributed by atoms with Gasteiger partial charge < -0.3 is 10.1 Å². The van der Waals surface area contributed by atoms with Gasteiger partial charge in [-0.3, -0.25) is 9.59 Å². The van der Waals surface area contributed by atoms with Crippen LogP contribution in [0.2, 0.25) is 0 Å². The van der Waals surface area contributed by atoms with E-state index in [0.29, 0.717) is 5.92 Å². The van der Waals surface area contributed by atoms with E-state index >= 15 is 0 Å². The molecule has 3 rings (SSSR count). The number of nitrogens with one attached hydrogen (secondary N) is 1. The zero-order valence-corrected chi connectivity index (χ0v) is 17.2. The van der Waals surface area contributed by atoms with Crippen molar-refractivity contribution in [1.82, 2.24) is 9.62 Å². The van der Waals surface area contributed by atoms with E-state index in [4.69, 9.17) is 4.74 Å². The number of carbonyl (C=O) groups excluding carboxylic acids is 2. The Morgan fingerprint density at radius 2 is 1.86 bits per heavy atom. The second kappa shape index (κ2) is 8.61. The van der Waals surface area contributed by atoms with Crippen molar-refractivity contribution in [3.8, 4) is 0 Å². The van der Waals surface area contributed by atoms with Crippen molar-refractivity contribution in [1.29, 1.82) is 0 Å². The van der Waals surface area contributed by atoms with Crippen molar-refractivity contribution in [3.63, 3.8) is 0 Å². The lowest BCUT2D eigenvalue weighted by atomic mass is 9.86. The molecule has 2 aliphatic rings. The molecule has 1 saturated carbocycles. The topological polar surface area (TPSA) is 92.8 Å². The molecule has 1 heterocycles. The minimum atomic E-state index is -3.60. The number of hydrogen-bond acceptors (Lipinski definition) is 5. The first-order chi connectivity index (χ1) is 13.3. The van der Waals surface area contributed by atoms with Crippen LogP contribution >= 0.6 is 0 Å². The van der Waals surface area contributed by atoms with Crippen LogP contribution < -0.4 is 5.32 Å². The van der Waals surface area contributed by atoms with E-state index in [1.165, 1.54) is 6.42 Å². The van der Waals surface area contributed by atoms with Crippen LogP contribution in [0.1, 0.15) is 43.7 Å². The smallest absolute Gasteiger partial charge is 0.325 e. The molecule has 154 valence electrons. The number of amides is 1. The zero-order chi connectivity index (χ0) is 20.3. The molecule has 1 aliphatic heterocycles. The van der Waals surface area contributed by atoms with Crippen LogP contribution in [0.3, 0.4) is 0 Å². The SMILES string of the molecule is C[C@H]1CCCC[C@H]1NC(=O)COC(=O)[C@@H]1Cc2ccccc2CN1S(C)(=O)=O. The maximum absolute atomic E-state index is 12.6. The molecule has 3 atom stereocenters. The largest absolute Gasteiger partial charge is 0.454 e. The normalized spacial score (nSPS) is 25.6. The van der Waals surface area contributed by atoms with E-state index in [1.807, 2.05) is 24.3 Å². The van der Waals surface area contributed by atoms with E-state index in [-0.39, 0.29) is 24.9 Å². The predicted molar refractivity (Wildman–Crippen MR) is 105 cm³/mol. The Hall–Kier alpha value is -1.93. The van der Waals surface area contributed by atoms with Crippen molar-refractivity contribution in [2.75, 3.05) is 12.9 Å². The lowest BCUT2D eigenvalue weighted by Crippen LogP contribution is -2.49. The van der Waals surface area contributed by atoms with Gasteiger partial charge in [0.15, 0.2) is 6.61 Å². The molecule has 8 heteroatoms. The standard InChI is InChI=1S/C20H28N2O5S/c1-14-7-3-6-10-17(14)21-19(23)13-27-20(24)18-11-15-8-4-5-9-16(15)12-22(18)28(2,25)26/h4-5,8-9,14,17-18H,3,6-7,10-13H2,1-2H3,(H,21,23)/t14-,17+,18-/m0/s1. The van der Waals surface area contributed by atoms with Gasteiger partial charge >= 0.3 is 5.97 Å². The molecular formula is C20H28N2O5S. The summed E-state index contributed by atoms with van der Waals surface area (Å²) in [5.74, 6) is -0.620. The fraction of sp³-hybridized carbons (Fsp3) is 0.600. The minimum absolute atomic E-state index is 0.106. The molecule has 1 N–H and O–H groups in total. The monoisotopic (exact) mass is 408 g/mol. The van der Waals surface area contributed by atoms with Crippen molar-refractivity contribution in [3.05, 3.63) is 35.4 Å². The van der Waals surface area contributed by atoms with Crippen LogP contribution in [-0.4, -0.2) is 49.5 Å². The molecule has 1 amide bonds. The third-order valence-corrected chi connectivity index (χ3v) is 6.94. The number of sulfonamides is 1. The van der Waals surface area contributed by atoms with E-state index in [0.717, 1.165) is 41.0 Å². The number of benzene rings is 1. The van der Waals surface area contributed by atoms with Gasteiger partial charge in [0.1, 0.15) is 6.04 Å².